The number of hydrogen-bond acceptors (Lipinski definition) is 4. The number of amides is 1. The number of rotatable bonds is 4. The van der Waals surface area contributed by atoms with E-state index in [2.05, 4.69) is 0 Å². The maximum absolute atomic E-state index is 12.4. The maximum Gasteiger partial charge on any atom is 0.269 e. The van der Waals surface area contributed by atoms with E-state index in [1.165, 1.54) is 0 Å². The van der Waals surface area contributed by atoms with Crippen LogP contribution in [0.15, 0.2) is 23.1 Å². The van der Waals surface area contributed by atoms with Crippen LogP contribution in [0, 0.1) is 3.57 Å². The van der Waals surface area contributed by atoms with Gasteiger partial charge in [0.25, 0.3) is 15.9 Å². The second-order valence-electron chi connectivity index (χ2n) is 5.30. The molecular weight excluding hydrogens is 405 g/mol. The van der Waals surface area contributed by atoms with Gasteiger partial charge in [0.05, 0.1) is 11.7 Å². The van der Waals surface area contributed by atoms with Gasteiger partial charge in [0.2, 0.25) is 0 Å². The number of fused-ring (bicyclic) bond motifs is 1. The van der Waals surface area contributed by atoms with Crippen LogP contribution in [0.2, 0.25) is 0 Å². The first kappa shape index (κ1) is 15.2. The van der Waals surface area contributed by atoms with Gasteiger partial charge in [-0.25, -0.2) is 12.7 Å². The van der Waals surface area contributed by atoms with Crippen LogP contribution < -0.4 is 0 Å². The molecule has 0 saturated carbocycles. The van der Waals surface area contributed by atoms with E-state index < -0.39 is 15.9 Å². The van der Waals surface area contributed by atoms with Gasteiger partial charge in [-0.15, -0.1) is 0 Å². The molecule has 1 atom stereocenters. The lowest BCUT2D eigenvalue weighted by Gasteiger charge is -2.16. The number of halogens is 1. The predicted octanol–water partition coefficient (Wildman–Crippen LogP) is 2.39. The van der Waals surface area contributed by atoms with E-state index in [-0.39, 0.29) is 23.1 Å². The molecule has 0 aliphatic carbocycles. The summed E-state index contributed by atoms with van der Waals surface area (Å²) < 4.78 is 32.2. The summed E-state index contributed by atoms with van der Waals surface area (Å²) in [5, 5.41) is 0. The number of nitrogens with zero attached hydrogens (tertiary/aromatic N) is 1. The number of ether oxygens (including phenoxy) is 1. The van der Waals surface area contributed by atoms with Crippen LogP contribution >= 0.6 is 22.6 Å². The fourth-order valence-electron chi connectivity index (χ4n) is 2.80. The third kappa shape index (κ3) is 2.83. The first-order valence-corrected chi connectivity index (χ1v) is 9.50. The highest BCUT2D eigenvalue weighted by Gasteiger charge is 2.40. The van der Waals surface area contributed by atoms with Crippen molar-refractivity contribution in [3.63, 3.8) is 0 Å². The van der Waals surface area contributed by atoms with Gasteiger partial charge in [-0.2, -0.15) is 0 Å². The third-order valence-corrected chi connectivity index (χ3v) is 6.37. The molecule has 1 aromatic carbocycles. The highest BCUT2D eigenvalue weighted by Crippen LogP contribution is 2.31. The second kappa shape index (κ2) is 5.85. The Morgan fingerprint density at radius 2 is 2.19 bits per heavy atom. The normalized spacial score (nSPS) is 23.6. The van der Waals surface area contributed by atoms with Crippen molar-refractivity contribution in [2.24, 2.45) is 0 Å². The van der Waals surface area contributed by atoms with Crippen LogP contribution in [0.1, 0.15) is 36.0 Å². The Morgan fingerprint density at radius 1 is 1.38 bits per heavy atom. The standard InChI is InChI=1S/C14H16INO4S/c15-10-5-6-12-13(9-10)21(18,19)16(14(12)17)7-1-3-11-4-2-8-20-11/h5-6,9,11H,1-4,7-8H2. The van der Waals surface area contributed by atoms with Crippen molar-refractivity contribution in [1.82, 2.24) is 4.31 Å². The van der Waals surface area contributed by atoms with Gasteiger partial charge in [-0.05, 0) is 66.5 Å². The van der Waals surface area contributed by atoms with Crippen LogP contribution in [0.3, 0.4) is 0 Å². The van der Waals surface area contributed by atoms with Crippen molar-refractivity contribution in [2.75, 3.05) is 13.2 Å². The molecule has 7 heteroatoms. The number of carbonyl (C=O) groups excluding carboxylic acids is 1. The monoisotopic (exact) mass is 421 g/mol. The second-order valence-corrected chi connectivity index (χ2v) is 8.38. The quantitative estimate of drug-likeness (QED) is 0.701. The van der Waals surface area contributed by atoms with Crippen molar-refractivity contribution in [1.29, 1.82) is 0 Å². The summed E-state index contributed by atoms with van der Waals surface area (Å²) in [7, 11) is -3.68. The van der Waals surface area contributed by atoms with Crippen molar-refractivity contribution >= 4 is 38.5 Å². The average Bonchev–Trinajstić information content (AvgIpc) is 3.01. The van der Waals surface area contributed by atoms with Gasteiger partial charge >= 0.3 is 0 Å². The van der Waals surface area contributed by atoms with E-state index in [0.717, 1.165) is 33.7 Å². The molecule has 21 heavy (non-hydrogen) atoms. The summed E-state index contributed by atoms with van der Waals surface area (Å²) in [6, 6.07) is 4.91. The fourth-order valence-corrected chi connectivity index (χ4v) is 5.14. The molecule has 1 amide bonds. The summed E-state index contributed by atoms with van der Waals surface area (Å²) in [6.07, 6.45) is 3.75. The van der Waals surface area contributed by atoms with E-state index in [9.17, 15) is 13.2 Å². The molecule has 2 heterocycles. The zero-order chi connectivity index (χ0) is 15.0. The molecule has 2 aliphatic heterocycles. The lowest BCUT2D eigenvalue weighted by molar-refractivity contribution is 0.0842. The van der Waals surface area contributed by atoms with Crippen LogP contribution in [-0.4, -0.2) is 37.9 Å². The Hall–Kier alpha value is -0.670. The van der Waals surface area contributed by atoms with Gasteiger partial charge < -0.3 is 4.74 Å². The van der Waals surface area contributed by atoms with Crippen LogP contribution in [0.5, 0.6) is 0 Å². The van der Waals surface area contributed by atoms with E-state index in [1.807, 2.05) is 22.6 Å². The molecule has 1 unspecified atom stereocenters. The van der Waals surface area contributed by atoms with Crippen LogP contribution in [-0.2, 0) is 14.8 Å². The largest absolute Gasteiger partial charge is 0.378 e. The van der Waals surface area contributed by atoms with Crippen molar-refractivity contribution in [3.8, 4) is 0 Å². The third-order valence-electron chi connectivity index (χ3n) is 3.88. The maximum atomic E-state index is 12.4. The molecule has 114 valence electrons. The molecule has 0 radical (unpaired) electrons. The van der Waals surface area contributed by atoms with Crippen LogP contribution in [0.4, 0.5) is 0 Å². The zero-order valence-corrected chi connectivity index (χ0v) is 14.4. The molecule has 5 nitrogen and oxygen atoms in total. The summed E-state index contributed by atoms with van der Waals surface area (Å²) in [5.74, 6) is -0.409. The molecule has 0 bridgehead atoms. The lowest BCUT2D eigenvalue weighted by atomic mass is 10.1. The number of benzene rings is 1. The Bertz CT molecular complexity index is 668. The highest BCUT2D eigenvalue weighted by molar-refractivity contribution is 14.1. The molecule has 2 aliphatic rings. The number of hydrogen-bond donors (Lipinski definition) is 0. The SMILES string of the molecule is O=C1c2ccc(I)cc2S(=O)(=O)N1CCCC1CCCO1. The zero-order valence-electron chi connectivity index (χ0n) is 11.4. The molecule has 0 N–H and O–H groups in total. The van der Waals surface area contributed by atoms with Gasteiger partial charge in [0.1, 0.15) is 4.90 Å². The minimum Gasteiger partial charge on any atom is -0.378 e. The average molecular weight is 421 g/mol. The van der Waals surface area contributed by atoms with Gasteiger partial charge in [-0.3, -0.25) is 4.79 Å². The van der Waals surface area contributed by atoms with Gasteiger partial charge in [0, 0.05) is 16.7 Å². The Labute approximate surface area is 137 Å². The smallest absolute Gasteiger partial charge is 0.269 e. The molecular formula is C14H16INO4S. The molecule has 3 rings (SSSR count). The molecule has 0 aromatic heterocycles. The highest BCUT2D eigenvalue weighted by atomic mass is 127. The van der Waals surface area contributed by atoms with Crippen LogP contribution in [0.25, 0.3) is 0 Å². The van der Waals surface area contributed by atoms with Gasteiger partial charge in [-0.1, -0.05) is 0 Å². The minimum absolute atomic E-state index is 0.136. The molecule has 1 saturated heterocycles. The van der Waals surface area contributed by atoms with E-state index in [4.69, 9.17) is 4.74 Å². The Balaban J connectivity index is 1.73. The van der Waals surface area contributed by atoms with E-state index >= 15 is 0 Å². The fraction of sp³-hybridized carbons (Fsp3) is 0.500. The molecule has 0 spiro atoms. The number of sulfonamides is 1. The van der Waals surface area contributed by atoms with Crippen molar-refractivity contribution < 1.29 is 17.9 Å². The Morgan fingerprint density at radius 3 is 2.90 bits per heavy atom. The summed E-state index contributed by atoms with van der Waals surface area (Å²) in [6.45, 7) is 1.02. The first-order valence-electron chi connectivity index (χ1n) is 6.98. The van der Waals surface area contributed by atoms with E-state index in [1.54, 1.807) is 18.2 Å². The topological polar surface area (TPSA) is 63.7 Å². The molecule has 1 fully saturated rings. The summed E-state index contributed by atoms with van der Waals surface area (Å²) in [4.78, 5) is 12.4. The van der Waals surface area contributed by atoms with Crippen molar-refractivity contribution in [3.05, 3.63) is 27.3 Å². The summed E-state index contributed by atoms with van der Waals surface area (Å²) in [5.41, 5.74) is 0.285. The predicted molar refractivity (Wildman–Crippen MR) is 85.6 cm³/mol. The Kier molecular flexibility index (Phi) is 4.24. The lowest BCUT2D eigenvalue weighted by Crippen LogP contribution is -2.31. The van der Waals surface area contributed by atoms with Gasteiger partial charge in [0.15, 0.2) is 0 Å². The first-order chi connectivity index (χ1) is 10.00. The molecule has 1 aromatic rings. The minimum atomic E-state index is -3.68. The summed E-state index contributed by atoms with van der Waals surface area (Å²) >= 11 is 2.05. The number of carbonyl (C=O) groups is 1. The van der Waals surface area contributed by atoms with E-state index in [0.29, 0.717) is 6.42 Å². The van der Waals surface area contributed by atoms with Crippen molar-refractivity contribution in [2.45, 2.75) is 36.7 Å².